The molecule has 0 aromatic heterocycles. The highest BCUT2D eigenvalue weighted by atomic mass is 16.4. The molecule has 0 aromatic rings. The van der Waals surface area contributed by atoms with E-state index in [9.17, 15) is 9.90 Å². The number of carboxylic acids is 1. The first kappa shape index (κ1) is 48.3. The van der Waals surface area contributed by atoms with E-state index in [0.717, 1.165) is 51.9 Å². The summed E-state index contributed by atoms with van der Waals surface area (Å²) >= 11 is 0. The van der Waals surface area contributed by atoms with E-state index in [1.807, 2.05) is 0 Å². The van der Waals surface area contributed by atoms with Crippen molar-refractivity contribution in [2.45, 2.75) is 246 Å². The molecule has 49 heavy (non-hydrogen) atoms. The fourth-order valence-corrected chi connectivity index (χ4v) is 7.39. The lowest BCUT2D eigenvalue weighted by molar-refractivity contribution is -0.196. The average Bonchev–Trinajstić information content (AvgIpc) is 3.09. The summed E-state index contributed by atoms with van der Waals surface area (Å²) in [5.41, 5.74) is 0. The first-order chi connectivity index (χ1) is 24.1. The van der Waals surface area contributed by atoms with Crippen molar-refractivity contribution in [2.24, 2.45) is 0 Å². The lowest BCUT2D eigenvalue weighted by atomic mass is 10.0. The van der Waals surface area contributed by atoms with Gasteiger partial charge in [0.05, 0.1) is 0 Å². The monoisotopic (exact) mass is 694 g/mol. The first-order valence-electron chi connectivity index (χ1n) is 22.6. The van der Waals surface area contributed by atoms with E-state index in [0.29, 0.717) is 0 Å². The van der Waals surface area contributed by atoms with E-state index in [-0.39, 0.29) is 6.54 Å². The second kappa shape index (κ2) is 40.1. The predicted octanol–water partition coefficient (Wildman–Crippen LogP) is 14.1. The summed E-state index contributed by atoms with van der Waals surface area (Å²) in [6.07, 6.45) is 46.3. The summed E-state index contributed by atoms with van der Waals surface area (Å²) in [4.78, 5) is 12.0. The number of hydrogen-bond donors (Lipinski definition) is 1. The Labute approximate surface area is 309 Å². The molecule has 294 valence electrons. The van der Waals surface area contributed by atoms with Gasteiger partial charge in [-0.15, -0.1) is 0 Å². The number of hydrogen-bond acceptors (Lipinski definition) is 4. The van der Waals surface area contributed by atoms with Crippen LogP contribution in [-0.2, 0) is 4.79 Å². The number of nitrogens with zero attached hydrogens (tertiary/aromatic N) is 3. The van der Waals surface area contributed by atoms with Gasteiger partial charge in [0.2, 0.25) is 0 Å². The molecule has 5 nitrogen and oxygen atoms in total. The molecule has 0 spiro atoms. The van der Waals surface area contributed by atoms with Crippen molar-refractivity contribution in [1.82, 2.24) is 15.1 Å². The van der Waals surface area contributed by atoms with E-state index in [4.69, 9.17) is 0 Å². The van der Waals surface area contributed by atoms with Crippen LogP contribution in [0.15, 0.2) is 0 Å². The highest BCUT2D eigenvalue weighted by Gasteiger charge is 2.23. The van der Waals surface area contributed by atoms with Crippen molar-refractivity contribution in [3.8, 4) is 0 Å². The Morgan fingerprint density at radius 3 is 0.755 bits per heavy atom. The Morgan fingerprint density at radius 2 is 0.551 bits per heavy atom. The Bertz CT molecular complexity index is 600. The van der Waals surface area contributed by atoms with Gasteiger partial charge in [0.25, 0.3) is 0 Å². The van der Waals surface area contributed by atoms with Crippen LogP contribution in [0, 0.1) is 0 Å². The van der Waals surface area contributed by atoms with E-state index >= 15 is 0 Å². The Balaban J connectivity index is 4.17. The van der Waals surface area contributed by atoms with Gasteiger partial charge < -0.3 is 5.11 Å². The lowest BCUT2D eigenvalue weighted by Gasteiger charge is -2.41. The third kappa shape index (κ3) is 34.2. The van der Waals surface area contributed by atoms with Crippen LogP contribution in [0.1, 0.15) is 246 Å². The van der Waals surface area contributed by atoms with Crippen LogP contribution >= 0.6 is 0 Å². The van der Waals surface area contributed by atoms with Crippen LogP contribution in [0.3, 0.4) is 0 Å². The molecule has 0 aliphatic carbocycles. The lowest BCUT2D eigenvalue weighted by Crippen LogP contribution is -2.56. The van der Waals surface area contributed by atoms with E-state index < -0.39 is 5.97 Å². The minimum atomic E-state index is -0.721. The van der Waals surface area contributed by atoms with Gasteiger partial charge in [-0.05, 0) is 25.7 Å². The number of aliphatic carboxylic acids is 1. The quantitative estimate of drug-likeness (QED) is 0.0509. The molecule has 0 unspecified atom stereocenters. The SMILES string of the molecule is CCCCCCCCCCCCCCCCCCN(CCC)N(CC(=O)O)N(CCC)CCCCCCCCCCCCCCCCCC. The minimum Gasteiger partial charge on any atom is -0.480 e. The highest BCUT2D eigenvalue weighted by molar-refractivity contribution is 5.68. The second-order valence-corrected chi connectivity index (χ2v) is 15.4. The summed E-state index contributed by atoms with van der Waals surface area (Å²) in [5.74, 6) is -0.721. The standard InChI is InChI=1S/C44H91N3O2/c1-5-9-11-13-15-17-19-21-23-25-27-29-31-33-35-37-41-45(39-7-3)47(43-44(48)49)46(40-8-4)42-38-36-34-32-30-28-26-24-22-20-18-16-14-12-10-6-2/h5-43H2,1-4H3,(H,48,49). The smallest absolute Gasteiger partial charge is 0.320 e. The van der Waals surface area contributed by atoms with Crippen molar-refractivity contribution in [3.05, 3.63) is 0 Å². The summed E-state index contributed by atoms with van der Waals surface area (Å²) in [6.45, 7) is 12.9. The molecule has 0 aliphatic heterocycles. The highest BCUT2D eigenvalue weighted by Crippen LogP contribution is 2.17. The largest absolute Gasteiger partial charge is 0.480 e. The molecule has 1 N–H and O–H groups in total. The Kier molecular flexibility index (Phi) is 39.6. The molecule has 0 saturated heterocycles. The Hall–Kier alpha value is -0.650. The average molecular weight is 694 g/mol. The molecule has 0 aliphatic rings. The van der Waals surface area contributed by atoms with Gasteiger partial charge in [0.15, 0.2) is 0 Å². The van der Waals surface area contributed by atoms with Gasteiger partial charge in [-0.1, -0.05) is 220 Å². The molecule has 0 atom stereocenters. The molecule has 5 heteroatoms. The third-order valence-corrected chi connectivity index (χ3v) is 10.4. The van der Waals surface area contributed by atoms with Gasteiger partial charge in [0, 0.05) is 26.2 Å². The van der Waals surface area contributed by atoms with Gasteiger partial charge in [-0.2, -0.15) is 5.12 Å². The zero-order valence-corrected chi connectivity index (χ0v) is 34.3. The van der Waals surface area contributed by atoms with E-state index in [2.05, 4.69) is 42.8 Å². The van der Waals surface area contributed by atoms with E-state index in [1.165, 1.54) is 193 Å². The third-order valence-electron chi connectivity index (χ3n) is 10.4. The molecule has 0 aromatic carbocycles. The van der Waals surface area contributed by atoms with Crippen molar-refractivity contribution in [1.29, 1.82) is 0 Å². The zero-order valence-electron chi connectivity index (χ0n) is 34.3. The number of unbranched alkanes of at least 4 members (excludes halogenated alkanes) is 30. The van der Waals surface area contributed by atoms with Crippen LogP contribution in [0.4, 0.5) is 0 Å². The van der Waals surface area contributed by atoms with Gasteiger partial charge in [-0.25, -0.2) is 10.0 Å². The summed E-state index contributed by atoms with van der Waals surface area (Å²) in [5, 5.41) is 16.7. The molecule has 0 radical (unpaired) electrons. The predicted molar refractivity (Wildman–Crippen MR) is 217 cm³/mol. The molecule has 0 heterocycles. The number of rotatable bonds is 42. The van der Waals surface area contributed by atoms with Gasteiger partial charge >= 0.3 is 5.97 Å². The molecule has 0 fully saturated rings. The fraction of sp³-hybridized carbons (Fsp3) is 0.977. The fourth-order valence-electron chi connectivity index (χ4n) is 7.39. The molecular formula is C44H91N3O2. The number of carbonyl (C=O) groups is 1. The molecular weight excluding hydrogens is 603 g/mol. The maximum atomic E-state index is 12.0. The Morgan fingerprint density at radius 1 is 0.327 bits per heavy atom. The maximum absolute atomic E-state index is 12.0. The van der Waals surface area contributed by atoms with Crippen LogP contribution < -0.4 is 0 Å². The number of hydrazine groups is 2. The molecule has 0 saturated carbocycles. The number of carboxylic acid groups (broad SMARTS) is 1. The van der Waals surface area contributed by atoms with E-state index in [1.54, 1.807) is 0 Å². The topological polar surface area (TPSA) is 47.0 Å². The molecule has 0 rings (SSSR count). The van der Waals surface area contributed by atoms with Crippen LogP contribution in [0.25, 0.3) is 0 Å². The van der Waals surface area contributed by atoms with Crippen molar-refractivity contribution < 1.29 is 9.90 Å². The van der Waals surface area contributed by atoms with Crippen molar-refractivity contribution in [3.63, 3.8) is 0 Å². The van der Waals surface area contributed by atoms with Crippen molar-refractivity contribution >= 4 is 5.97 Å². The van der Waals surface area contributed by atoms with Gasteiger partial charge in [-0.3, -0.25) is 4.79 Å². The van der Waals surface area contributed by atoms with Crippen LogP contribution in [-0.4, -0.2) is 58.9 Å². The summed E-state index contributed by atoms with van der Waals surface area (Å²) < 4.78 is 0. The normalized spacial score (nSPS) is 11.9. The van der Waals surface area contributed by atoms with Crippen LogP contribution in [0.5, 0.6) is 0 Å². The van der Waals surface area contributed by atoms with Gasteiger partial charge in [0.1, 0.15) is 6.54 Å². The molecule has 0 bridgehead atoms. The maximum Gasteiger partial charge on any atom is 0.320 e. The summed E-state index contributed by atoms with van der Waals surface area (Å²) in [7, 11) is 0. The van der Waals surface area contributed by atoms with Crippen LogP contribution in [0.2, 0.25) is 0 Å². The zero-order chi connectivity index (χ0) is 35.9. The second-order valence-electron chi connectivity index (χ2n) is 15.4. The first-order valence-corrected chi connectivity index (χ1v) is 22.6. The molecule has 0 amide bonds. The minimum absolute atomic E-state index is 0.0811. The summed E-state index contributed by atoms with van der Waals surface area (Å²) in [6, 6.07) is 0. The van der Waals surface area contributed by atoms with Crippen molar-refractivity contribution in [2.75, 3.05) is 32.7 Å².